The number of thiophene rings is 1. The molecule has 2 rings (SSSR count). The molecule has 0 atom stereocenters. The highest BCUT2D eigenvalue weighted by Gasteiger charge is 2.15. The van der Waals surface area contributed by atoms with Gasteiger partial charge in [0.1, 0.15) is 10.8 Å². The van der Waals surface area contributed by atoms with Gasteiger partial charge in [-0.15, -0.1) is 11.3 Å². The van der Waals surface area contributed by atoms with Crippen LogP contribution in [-0.4, -0.2) is 25.6 Å². The van der Waals surface area contributed by atoms with Gasteiger partial charge in [-0.05, 0) is 58.3 Å². The summed E-state index contributed by atoms with van der Waals surface area (Å²) in [5.41, 5.74) is 0.338. The summed E-state index contributed by atoms with van der Waals surface area (Å²) in [4.78, 5) is 23.3. The van der Waals surface area contributed by atoms with Gasteiger partial charge in [0.05, 0.1) is 12.7 Å². The standard InChI is InChI=1S/C14H12INO4S/c1-19-14(18)11-6-7-21-13(11)16-12(17)8-20-10-4-2-9(15)3-5-10/h2-7H,8H2,1H3,(H,16,17). The molecule has 0 aliphatic heterocycles. The number of hydrogen-bond donors (Lipinski definition) is 1. The summed E-state index contributed by atoms with van der Waals surface area (Å²) >= 11 is 3.44. The van der Waals surface area contributed by atoms with Crippen LogP contribution in [0.3, 0.4) is 0 Å². The summed E-state index contributed by atoms with van der Waals surface area (Å²) in [5.74, 6) is -0.198. The average molecular weight is 417 g/mol. The van der Waals surface area contributed by atoms with Crippen molar-refractivity contribution in [1.82, 2.24) is 0 Å². The van der Waals surface area contributed by atoms with Gasteiger partial charge in [-0.2, -0.15) is 0 Å². The summed E-state index contributed by atoms with van der Waals surface area (Å²) in [5, 5.41) is 4.81. The van der Waals surface area contributed by atoms with E-state index in [2.05, 4.69) is 32.6 Å². The Kier molecular flexibility index (Phi) is 5.57. The van der Waals surface area contributed by atoms with Gasteiger partial charge in [0, 0.05) is 3.57 Å². The van der Waals surface area contributed by atoms with Crippen LogP contribution in [0.25, 0.3) is 0 Å². The van der Waals surface area contributed by atoms with E-state index in [1.165, 1.54) is 18.4 Å². The first-order valence-corrected chi connectivity index (χ1v) is 7.90. The van der Waals surface area contributed by atoms with Crippen LogP contribution in [-0.2, 0) is 9.53 Å². The molecule has 0 fully saturated rings. The normalized spacial score (nSPS) is 10.0. The molecule has 1 aromatic heterocycles. The maximum absolute atomic E-state index is 11.8. The van der Waals surface area contributed by atoms with Crippen molar-refractivity contribution in [3.8, 4) is 5.75 Å². The van der Waals surface area contributed by atoms with E-state index in [9.17, 15) is 9.59 Å². The zero-order valence-corrected chi connectivity index (χ0v) is 14.1. The van der Waals surface area contributed by atoms with Crippen LogP contribution in [0, 0.1) is 3.57 Å². The van der Waals surface area contributed by atoms with Gasteiger partial charge >= 0.3 is 5.97 Å². The zero-order valence-electron chi connectivity index (χ0n) is 11.1. The Labute approximate surface area is 139 Å². The lowest BCUT2D eigenvalue weighted by atomic mass is 10.3. The van der Waals surface area contributed by atoms with Crippen molar-refractivity contribution >= 4 is 50.8 Å². The highest BCUT2D eigenvalue weighted by atomic mass is 127. The first-order valence-electron chi connectivity index (χ1n) is 5.94. The fourth-order valence-corrected chi connectivity index (χ4v) is 2.67. The Morgan fingerprint density at radius 1 is 1.24 bits per heavy atom. The number of methoxy groups -OCH3 is 1. The predicted molar refractivity (Wildman–Crippen MR) is 88.9 cm³/mol. The molecule has 110 valence electrons. The molecule has 0 spiro atoms. The Hall–Kier alpha value is -1.61. The molecule has 7 heteroatoms. The molecule has 0 radical (unpaired) electrons. The summed E-state index contributed by atoms with van der Waals surface area (Å²) in [6, 6.07) is 8.97. The maximum Gasteiger partial charge on any atom is 0.340 e. The van der Waals surface area contributed by atoms with Gasteiger partial charge < -0.3 is 14.8 Å². The van der Waals surface area contributed by atoms with Crippen LogP contribution in [0.4, 0.5) is 5.00 Å². The monoisotopic (exact) mass is 417 g/mol. The van der Waals surface area contributed by atoms with Crippen LogP contribution in [0.2, 0.25) is 0 Å². The molecule has 0 unspecified atom stereocenters. The number of benzene rings is 1. The van der Waals surface area contributed by atoms with Crippen molar-refractivity contribution in [2.75, 3.05) is 19.0 Å². The number of carbonyl (C=O) groups excluding carboxylic acids is 2. The molecule has 1 N–H and O–H groups in total. The van der Waals surface area contributed by atoms with E-state index in [4.69, 9.17) is 4.74 Å². The molecular weight excluding hydrogens is 405 g/mol. The molecular formula is C14H12INO4S. The smallest absolute Gasteiger partial charge is 0.340 e. The van der Waals surface area contributed by atoms with Gasteiger partial charge in [0.25, 0.3) is 5.91 Å². The molecule has 21 heavy (non-hydrogen) atoms. The first-order chi connectivity index (χ1) is 10.1. The number of hydrogen-bond acceptors (Lipinski definition) is 5. The maximum atomic E-state index is 11.8. The number of ether oxygens (including phenoxy) is 2. The molecule has 1 heterocycles. The molecule has 1 aromatic carbocycles. The van der Waals surface area contributed by atoms with Crippen LogP contribution >= 0.6 is 33.9 Å². The number of esters is 1. The van der Waals surface area contributed by atoms with Crippen molar-refractivity contribution in [3.05, 3.63) is 44.8 Å². The second kappa shape index (κ2) is 7.41. The number of halogens is 1. The second-order valence-corrected chi connectivity index (χ2v) is 6.11. The van der Waals surface area contributed by atoms with E-state index in [0.717, 1.165) is 3.57 Å². The molecule has 0 saturated heterocycles. The quantitative estimate of drug-likeness (QED) is 0.600. The van der Waals surface area contributed by atoms with Crippen LogP contribution in [0.15, 0.2) is 35.7 Å². The molecule has 2 aromatic rings. The van der Waals surface area contributed by atoms with Crippen molar-refractivity contribution in [1.29, 1.82) is 0 Å². The Morgan fingerprint density at radius 3 is 2.62 bits per heavy atom. The van der Waals surface area contributed by atoms with E-state index in [1.807, 2.05) is 12.1 Å². The minimum absolute atomic E-state index is 0.126. The van der Waals surface area contributed by atoms with Gasteiger partial charge in [-0.25, -0.2) is 4.79 Å². The number of nitrogens with one attached hydrogen (secondary N) is 1. The van der Waals surface area contributed by atoms with E-state index in [1.54, 1.807) is 23.6 Å². The third-order valence-corrected chi connectivity index (χ3v) is 4.06. The Morgan fingerprint density at radius 2 is 1.95 bits per heavy atom. The molecule has 0 aliphatic carbocycles. The lowest BCUT2D eigenvalue weighted by Crippen LogP contribution is -2.20. The van der Waals surface area contributed by atoms with Crippen LogP contribution < -0.4 is 10.1 Å². The molecule has 1 amide bonds. The third kappa shape index (κ3) is 4.43. The molecule has 0 saturated carbocycles. The lowest BCUT2D eigenvalue weighted by molar-refractivity contribution is -0.118. The van der Waals surface area contributed by atoms with E-state index < -0.39 is 5.97 Å². The fraction of sp³-hybridized carbons (Fsp3) is 0.143. The summed E-state index contributed by atoms with van der Waals surface area (Å²) in [6.07, 6.45) is 0. The minimum atomic E-state index is -0.481. The number of anilines is 1. The largest absolute Gasteiger partial charge is 0.484 e. The predicted octanol–water partition coefficient (Wildman–Crippen LogP) is 3.16. The Balaban J connectivity index is 1.92. The number of carbonyl (C=O) groups is 2. The van der Waals surface area contributed by atoms with Gasteiger partial charge in [-0.3, -0.25) is 4.79 Å². The first kappa shape index (κ1) is 15.8. The highest BCUT2D eigenvalue weighted by Crippen LogP contribution is 2.23. The number of amides is 1. The SMILES string of the molecule is COC(=O)c1ccsc1NC(=O)COc1ccc(I)cc1. The van der Waals surface area contributed by atoms with E-state index in [-0.39, 0.29) is 12.5 Å². The van der Waals surface area contributed by atoms with Gasteiger partial charge in [0.2, 0.25) is 0 Å². The summed E-state index contributed by atoms with van der Waals surface area (Å²) < 4.78 is 11.1. The van der Waals surface area contributed by atoms with Gasteiger partial charge in [0.15, 0.2) is 6.61 Å². The Bertz CT molecular complexity index is 639. The molecule has 0 aliphatic rings. The van der Waals surface area contributed by atoms with Crippen LogP contribution in [0.1, 0.15) is 10.4 Å². The molecule has 5 nitrogen and oxygen atoms in total. The van der Waals surface area contributed by atoms with E-state index >= 15 is 0 Å². The average Bonchev–Trinajstić information content (AvgIpc) is 2.94. The van der Waals surface area contributed by atoms with E-state index in [0.29, 0.717) is 16.3 Å². The molecule has 0 bridgehead atoms. The van der Waals surface area contributed by atoms with Crippen molar-refractivity contribution in [2.24, 2.45) is 0 Å². The second-order valence-electron chi connectivity index (χ2n) is 3.95. The lowest BCUT2D eigenvalue weighted by Gasteiger charge is -2.07. The van der Waals surface area contributed by atoms with Gasteiger partial charge in [-0.1, -0.05) is 0 Å². The minimum Gasteiger partial charge on any atom is -0.484 e. The highest BCUT2D eigenvalue weighted by molar-refractivity contribution is 14.1. The van der Waals surface area contributed by atoms with Crippen molar-refractivity contribution in [2.45, 2.75) is 0 Å². The third-order valence-electron chi connectivity index (χ3n) is 2.51. The summed E-state index contributed by atoms with van der Waals surface area (Å²) in [6.45, 7) is -0.126. The van der Waals surface area contributed by atoms with Crippen molar-refractivity contribution in [3.63, 3.8) is 0 Å². The van der Waals surface area contributed by atoms with Crippen molar-refractivity contribution < 1.29 is 19.1 Å². The number of rotatable bonds is 5. The topological polar surface area (TPSA) is 64.6 Å². The summed E-state index contributed by atoms with van der Waals surface area (Å²) in [7, 11) is 1.30. The fourth-order valence-electron chi connectivity index (χ4n) is 1.52. The van der Waals surface area contributed by atoms with Crippen LogP contribution in [0.5, 0.6) is 5.75 Å². The zero-order chi connectivity index (χ0) is 15.2.